The number of esters is 3. The highest BCUT2D eigenvalue weighted by molar-refractivity contribution is 7.17. The van der Waals surface area contributed by atoms with Gasteiger partial charge >= 0.3 is 17.9 Å². The number of unbranched alkanes of at least 4 members (excludes halogenated alkanes) is 20. The molecule has 2 amide bonds. The molecule has 1 aliphatic heterocycles. The zero-order valence-electron chi connectivity index (χ0n) is 39.0. The fourth-order valence-electron chi connectivity index (χ4n) is 7.68. The second kappa shape index (κ2) is 35.5. The van der Waals surface area contributed by atoms with Crippen LogP contribution in [0.4, 0.5) is 5.00 Å². The van der Waals surface area contributed by atoms with E-state index in [2.05, 4.69) is 19.2 Å². The number of ether oxygens (including phenoxy) is 3. The Hall–Kier alpha value is -2.99. The van der Waals surface area contributed by atoms with Gasteiger partial charge in [0.15, 0.2) is 0 Å². The monoisotopic (exact) mass is 876 g/mol. The normalized spacial score (nSPS) is 12.4. The van der Waals surface area contributed by atoms with Crippen molar-refractivity contribution in [1.82, 2.24) is 9.80 Å². The van der Waals surface area contributed by atoms with Crippen LogP contribution < -0.4 is 5.32 Å². The van der Waals surface area contributed by atoms with Crippen LogP contribution in [0.5, 0.6) is 0 Å². The molecule has 12 heteroatoms. The standard InChI is InChI=1S/C49H85N3O8S/c1-5-7-9-11-13-14-16-22-28-38-59-46(56)33-26-20-18-24-31-44(54)52-36-34-41-42(40-52)61-48(47(41)49(57)60-39-29-35-51(3)4)50-43(53)30-23-17-19-25-32-45(55)58-37-27-21-15-12-10-8-6-2/h5-40H2,1-4H3,(H,50,53). The molecule has 1 N–H and O–H groups in total. The molecule has 0 atom stereocenters. The number of amides is 2. The number of anilines is 1. The lowest BCUT2D eigenvalue weighted by Crippen LogP contribution is -2.35. The van der Waals surface area contributed by atoms with E-state index in [9.17, 15) is 24.0 Å². The summed E-state index contributed by atoms with van der Waals surface area (Å²) in [6, 6.07) is 0. The number of hydrogen-bond donors (Lipinski definition) is 1. The molecule has 0 aliphatic carbocycles. The van der Waals surface area contributed by atoms with Gasteiger partial charge in [0.05, 0.1) is 31.9 Å². The van der Waals surface area contributed by atoms with Crippen molar-refractivity contribution in [2.45, 2.75) is 213 Å². The Morgan fingerprint density at radius 3 is 1.56 bits per heavy atom. The molecule has 61 heavy (non-hydrogen) atoms. The number of hydrogen-bond acceptors (Lipinski definition) is 10. The maximum Gasteiger partial charge on any atom is 0.341 e. The SMILES string of the molecule is CCCCCCCCCCCOC(=O)CCCCCCC(=O)N1CCc2c(sc(NC(=O)CCCCCCC(=O)OCCCCCCCCC)c2C(=O)OCCCN(C)C)C1. The molecule has 0 fully saturated rings. The van der Waals surface area contributed by atoms with E-state index in [0.717, 1.165) is 87.6 Å². The van der Waals surface area contributed by atoms with Crippen molar-refractivity contribution >= 4 is 46.1 Å². The fourth-order valence-corrected chi connectivity index (χ4v) is 8.95. The third kappa shape index (κ3) is 26.3. The summed E-state index contributed by atoms with van der Waals surface area (Å²) in [5.74, 6) is -0.772. The van der Waals surface area contributed by atoms with Crippen LogP contribution in [0, 0.1) is 0 Å². The van der Waals surface area contributed by atoms with Crippen molar-refractivity contribution in [3.63, 3.8) is 0 Å². The van der Waals surface area contributed by atoms with Crippen LogP contribution in [0.1, 0.15) is 221 Å². The van der Waals surface area contributed by atoms with Crippen LogP contribution in [0.15, 0.2) is 0 Å². The van der Waals surface area contributed by atoms with E-state index < -0.39 is 5.97 Å². The second-order valence-electron chi connectivity index (χ2n) is 17.3. The average Bonchev–Trinajstić information content (AvgIpc) is 3.60. The molecule has 0 spiro atoms. The van der Waals surface area contributed by atoms with E-state index in [0.29, 0.717) is 81.8 Å². The molecule has 0 aromatic carbocycles. The minimum absolute atomic E-state index is 0.0826. The molecule has 350 valence electrons. The van der Waals surface area contributed by atoms with E-state index in [1.807, 2.05) is 23.9 Å². The highest BCUT2D eigenvalue weighted by Crippen LogP contribution is 2.38. The molecule has 1 aliphatic rings. The minimum atomic E-state index is -0.433. The minimum Gasteiger partial charge on any atom is -0.466 e. The van der Waals surface area contributed by atoms with Crippen LogP contribution >= 0.6 is 11.3 Å². The highest BCUT2D eigenvalue weighted by atomic mass is 32.1. The Bertz CT molecular complexity index is 1370. The van der Waals surface area contributed by atoms with Gasteiger partial charge in [0.1, 0.15) is 5.00 Å². The smallest absolute Gasteiger partial charge is 0.341 e. The summed E-state index contributed by atoms with van der Waals surface area (Å²) in [6.45, 7) is 7.46. The third-order valence-electron chi connectivity index (χ3n) is 11.4. The molecular formula is C49H85N3O8S. The quantitative estimate of drug-likeness (QED) is 0.0392. The first-order valence-electron chi connectivity index (χ1n) is 24.5. The van der Waals surface area contributed by atoms with Gasteiger partial charge in [-0.15, -0.1) is 11.3 Å². The Balaban J connectivity index is 1.72. The summed E-state index contributed by atoms with van der Waals surface area (Å²) in [4.78, 5) is 68.9. The maximum atomic E-state index is 13.5. The summed E-state index contributed by atoms with van der Waals surface area (Å²) >= 11 is 1.37. The van der Waals surface area contributed by atoms with E-state index in [1.54, 1.807) is 0 Å². The second-order valence-corrected chi connectivity index (χ2v) is 18.4. The number of nitrogens with zero attached hydrogens (tertiary/aromatic N) is 2. The van der Waals surface area contributed by atoms with E-state index in [1.165, 1.54) is 88.4 Å². The highest BCUT2D eigenvalue weighted by Gasteiger charge is 2.31. The molecule has 11 nitrogen and oxygen atoms in total. The Labute approximate surface area is 374 Å². The predicted molar refractivity (Wildman–Crippen MR) is 248 cm³/mol. The van der Waals surface area contributed by atoms with Crippen molar-refractivity contribution in [2.24, 2.45) is 0 Å². The molecule has 0 bridgehead atoms. The molecule has 2 heterocycles. The largest absolute Gasteiger partial charge is 0.466 e. The first-order valence-corrected chi connectivity index (χ1v) is 25.3. The topological polar surface area (TPSA) is 132 Å². The van der Waals surface area contributed by atoms with Crippen molar-refractivity contribution < 1.29 is 38.2 Å². The summed E-state index contributed by atoms with van der Waals surface area (Å²) in [6.07, 6.45) is 28.6. The van der Waals surface area contributed by atoms with Gasteiger partial charge in [0.25, 0.3) is 0 Å². The molecular weight excluding hydrogens is 791 g/mol. The molecule has 0 radical (unpaired) electrons. The van der Waals surface area contributed by atoms with Gasteiger partial charge in [-0.2, -0.15) is 0 Å². The number of rotatable bonds is 38. The maximum absolute atomic E-state index is 13.5. The first kappa shape index (κ1) is 54.1. The molecule has 0 saturated heterocycles. The summed E-state index contributed by atoms with van der Waals surface area (Å²) < 4.78 is 16.5. The van der Waals surface area contributed by atoms with Gasteiger partial charge in [-0.3, -0.25) is 19.2 Å². The zero-order valence-corrected chi connectivity index (χ0v) is 39.8. The summed E-state index contributed by atoms with van der Waals surface area (Å²) in [5, 5.41) is 3.51. The molecule has 2 rings (SSSR count). The lowest BCUT2D eigenvalue weighted by molar-refractivity contribution is -0.144. The molecule has 1 aromatic rings. The van der Waals surface area contributed by atoms with Crippen LogP contribution in [-0.4, -0.2) is 86.5 Å². The van der Waals surface area contributed by atoms with Crippen molar-refractivity contribution in [3.8, 4) is 0 Å². The van der Waals surface area contributed by atoms with Crippen LogP contribution in [-0.2, 0) is 46.4 Å². The van der Waals surface area contributed by atoms with Crippen LogP contribution in [0.3, 0.4) is 0 Å². The Morgan fingerprint density at radius 1 is 0.574 bits per heavy atom. The van der Waals surface area contributed by atoms with Crippen molar-refractivity contribution in [1.29, 1.82) is 0 Å². The van der Waals surface area contributed by atoms with Gasteiger partial charge < -0.3 is 29.3 Å². The summed E-state index contributed by atoms with van der Waals surface area (Å²) in [5.41, 5.74) is 1.29. The van der Waals surface area contributed by atoms with Gasteiger partial charge in [-0.25, -0.2) is 4.79 Å². The van der Waals surface area contributed by atoms with Gasteiger partial charge in [-0.1, -0.05) is 129 Å². The lowest BCUT2D eigenvalue weighted by atomic mass is 10.0. The summed E-state index contributed by atoms with van der Waals surface area (Å²) in [7, 11) is 3.95. The van der Waals surface area contributed by atoms with Gasteiger partial charge in [0, 0.05) is 43.6 Å². The van der Waals surface area contributed by atoms with Crippen molar-refractivity contribution in [3.05, 3.63) is 16.0 Å². The molecule has 1 aromatic heterocycles. The van der Waals surface area contributed by atoms with E-state index in [-0.39, 0.29) is 30.4 Å². The third-order valence-corrected chi connectivity index (χ3v) is 12.6. The van der Waals surface area contributed by atoms with Crippen molar-refractivity contribution in [2.75, 3.05) is 52.3 Å². The lowest BCUT2D eigenvalue weighted by Gasteiger charge is -2.27. The average molecular weight is 876 g/mol. The van der Waals surface area contributed by atoms with Gasteiger partial charge in [0.2, 0.25) is 11.8 Å². The van der Waals surface area contributed by atoms with Crippen LogP contribution in [0.2, 0.25) is 0 Å². The Morgan fingerprint density at radius 2 is 1.03 bits per heavy atom. The number of carbonyl (C=O) groups is 5. The zero-order chi connectivity index (χ0) is 44.3. The fraction of sp³-hybridized carbons (Fsp3) is 0.816. The van der Waals surface area contributed by atoms with E-state index >= 15 is 0 Å². The number of carbonyl (C=O) groups excluding carboxylic acids is 5. The number of fused-ring (bicyclic) bond motifs is 1. The predicted octanol–water partition coefficient (Wildman–Crippen LogP) is 11.7. The first-order chi connectivity index (χ1) is 29.7. The molecule has 0 saturated carbocycles. The van der Waals surface area contributed by atoms with E-state index in [4.69, 9.17) is 14.2 Å². The number of nitrogens with one attached hydrogen (secondary N) is 1. The number of thiophene rings is 1. The molecule has 0 unspecified atom stereocenters. The van der Waals surface area contributed by atoms with Gasteiger partial charge in [-0.05, 0) is 71.0 Å². The Kier molecular flexibility index (Phi) is 31.5. The van der Waals surface area contributed by atoms with Crippen LogP contribution in [0.25, 0.3) is 0 Å².